The van der Waals surface area contributed by atoms with Crippen LogP contribution in [0.4, 0.5) is 0 Å². The lowest BCUT2D eigenvalue weighted by atomic mass is 9.49. The molecule has 0 unspecified atom stereocenters. The van der Waals surface area contributed by atoms with Gasteiger partial charge in [-0.05, 0) is 89.2 Å². The van der Waals surface area contributed by atoms with Crippen LogP contribution in [0.1, 0.15) is 63.9 Å². The molecule has 0 atom stereocenters. The van der Waals surface area contributed by atoms with E-state index in [0.29, 0.717) is 37.5 Å². The Morgan fingerprint density at radius 2 is 1.74 bits per heavy atom. The van der Waals surface area contributed by atoms with E-state index in [1.807, 2.05) is 37.8 Å². The number of carbonyl (C=O) groups is 2. The number of amides is 2. The predicted molar refractivity (Wildman–Crippen MR) is 118 cm³/mol. The van der Waals surface area contributed by atoms with E-state index in [1.165, 1.54) is 19.3 Å². The van der Waals surface area contributed by atoms with Crippen LogP contribution in [0, 0.1) is 30.1 Å². The van der Waals surface area contributed by atoms with E-state index in [0.717, 1.165) is 30.8 Å². The lowest BCUT2D eigenvalue weighted by Gasteiger charge is -2.57. The molecule has 4 aliphatic carbocycles. The maximum absolute atomic E-state index is 13.9. The minimum Gasteiger partial charge on any atom is -0.464 e. The molecule has 2 amide bonds. The highest BCUT2D eigenvalue weighted by molar-refractivity contribution is 5.88. The van der Waals surface area contributed by atoms with Crippen LogP contribution in [-0.2, 0) is 20.9 Å². The molecule has 0 N–H and O–H groups in total. The molecule has 5 rings (SSSR count). The molecule has 6 heteroatoms. The Kier molecular flexibility index (Phi) is 6.47. The zero-order valence-corrected chi connectivity index (χ0v) is 19.6. The van der Waals surface area contributed by atoms with Gasteiger partial charge in [0, 0.05) is 19.7 Å². The highest BCUT2D eigenvalue weighted by atomic mass is 16.5. The first-order valence-corrected chi connectivity index (χ1v) is 11.9. The van der Waals surface area contributed by atoms with Crippen molar-refractivity contribution in [2.75, 3.05) is 26.8 Å². The molecule has 0 spiro atoms. The Morgan fingerprint density at radius 3 is 2.23 bits per heavy atom. The molecular weight excluding hydrogens is 392 g/mol. The Morgan fingerprint density at radius 1 is 1.13 bits per heavy atom. The fraction of sp³-hybridized carbons (Fsp3) is 0.760. The van der Waals surface area contributed by atoms with Crippen molar-refractivity contribution in [3.8, 4) is 0 Å². The van der Waals surface area contributed by atoms with Crippen molar-refractivity contribution < 1.29 is 18.7 Å². The summed E-state index contributed by atoms with van der Waals surface area (Å²) in [5.41, 5.74) is -0.227. The molecule has 0 aliphatic heterocycles. The highest BCUT2D eigenvalue weighted by Gasteiger charge is 2.56. The molecule has 4 bridgehead atoms. The van der Waals surface area contributed by atoms with Gasteiger partial charge < -0.3 is 19.0 Å². The molecule has 1 aromatic rings. The molecule has 0 saturated heterocycles. The van der Waals surface area contributed by atoms with E-state index in [4.69, 9.17) is 9.15 Å². The number of hydrogen-bond acceptors (Lipinski definition) is 4. The summed E-state index contributed by atoms with van der Waals surface area (Å²) in [6, 6.07) is 3.81. The van der Waals surface area contributed by atoms with Crippen molar-refractivity contribution in [2.24, 2.45) is 23.2 Å². The van der Waals surface area contributed by atoms with Gasteiger partial charge in [0.05, 0.1) is 18.6 Å². The molecule has 4 aliphatic rings. The number of aryl methyl sites for hydroxylation is 1. The zero-order chi connectivity index (χ0) is 22.2. The van der Waals surface area contributed by atoms with E-state index < -0.39 is 0 Å². The maximum atomic E-state index is 13.9. The number of carbonyl (C=O) groups excluding carboxylic acids is 2. The summed E-state index contributed by atoms with van der Waals surface area (Å²) in [6.07, 6.45) is 6.98. The number of nitrogens with zero attached hydrogens (tertiary/aromatic N) is 2. The van der Waals surface area contributed by atoms with Crippen LogP contribution in [0.3, 0.4) is 0 Å². The fourth-order valence-corrected chi connectivity index (χ4v) is 6.66. The zero-order valence-electron chi connectivity index (χ0n) is 19.6. The summed E-state index contributed by atoms with van der Waals surface area (Å²) >= 11 is 0. The van der Waals surface area contributed by atoms with E-state index in [1.54, 1.807) is 12.0 Å². The summed E-state index contributed by atoms with van der Waals surface area (Å²) in [5, 5.41) is 0. The molecule has 0 aromatic carbocycles. The minimum atomic E-state index is -0.227. The molecule has 4 fully saturated rings. The largest absolute Gasteiger partial charge is 0.464 e. The highest BCUT2D eigenvalue weighted by Crippen LogP contribution is 2.60. The van der Waals surface area contributed by atoms with E-state index in [9.17, 15) is 9.59 Å². The summed E-state index contributed by atoms with van der Waals surface area (Å²) in [4.78, 5) is 30.8. The molecule has 4 saturated carbocycles. The van der Waals surface area contributed by atoms with Crippen LogP contribution >= 0.6 is 0 Å². The van der Waals surface area contributed by atoms with Crippen LogP contribution < -0.4 is 0 Å². The SMILES string of the molecule is COCCN(Cc1ccc(C)o1)C(=O)CN(C(=O)C12CC3CC(CC(C3)C1)C2)C(C)C. The van der Waals surface area contributed by atoms with Crippen molar-refractivity contribution in [3.63, 3.8) is 0 Å². The molecule has 31 heavy (non-hydrogen) atoms. The van der Waals surface area contributed by atoms with Gasteiger partial charge in [0.25, 0.3) is 0 Å². The Balaban J connectivity index is 1.48. The van der Waals surface area contributed by atoms with Crippen LogP contribution in [0.2, 0.25) is 0 Å². The standard InChI is InChI=1S/C25H38N2O4/c1-17(2)27(24(29)25-12-19-9-20(13-25)11-21(10-19)14-25)16-23(28)26(7-8-30-4)15-22-6-5-18(3)31-22/h5-6,17,19-21H,7-16H2,1-4H3. The molecule has 6 nitrogen and oxygen atoms in total. The average Bonchev–Trinajstić information content (AvgIpc) is 3.12. The number of methoxy groups -OCH3 is 1. The number of hydrogen-bond donors (Lipinski definition) is 0. The Hall–Kier alpha value is -1.82. The van der Waals surface area contributed by atoms with Crippen molar-refractivity contribution in [3.05, 3.63) is 23.7 Å². The van der Waals surface area contributed by atoms with Gasteiger partial charge in [-0.3, -0.25) is 9.59 Å². The predicted octanol–water partition coefficient (Wildman–Crippen LogP) is 4.02. The summed E-state index contributed by atoms with van der Waals surface area (Å²) < 4.78 is 10.9. The molecule has 1 aromatic heterocycles. The second-order valence-corrected chi connectivity index (χ2v) is 10.5. The molecule has 0 radical (unpaired) electrons. The van der Waals surface area contributed by atoms with Gasteiger partial charge in [0.2, 0.25) is 11.8 Å². The smallest absolute Gasteiger partial charge is 0.242 e. The topological polar surface area (TPSA) is 63.0 Å². The van der Waals surface area contributed by atoms with Gasteiger partial charge in [-0.1, -0.05) is 0 Å². The van der Waals surface area contributed by atoms with Crippen LogP contribution in [-0.4, -0.2) is 54.5 Å². The van der Waals surface area contributed by atoms with Gasteiger partial charge in [-0.2, -0.15) is 0 Å². The van der Waals surface area contributed by atoms with Gasteiger partial charge in [0.15, 0.2) is 0 Å². The number of ether oxygens (including phenoxy) is 1. The second-order valence-electron chi connectivity index (χ2n) is 10.5. The lowest BCUT2D eigenvalue weighted by molar-refractivity contribution is -0.162. The first-order valence-electron chi connectivity index (χ1n) is 11.9. The summed E-state index contributed by atoms with van der Waals surface area (Å²) in [6.45, 7) is 7.41. The van der Waals surface area contributed by atoms with Crippen molar-refractivity contribution >= 4 is 11.8 Å². The van der Waals surface area contributed by atoms with Crippen molar-refractivity contribution in [1.82, 2.24) is 9.80 Å². The molecule has 1 heterocycles. The van der Waals surface area contributed by atoms with Crippen LogP contribution in [0.15, 0.2) is 16.5 Å². The third-order valence-corrected chi connectivity index (χ3v) is 7.74. The monoisotopic (exact) mass is 430 g/mol. The van der Waals surface area contributed by atoms with E-state index in [-0.39, 0.29) is 29.8 Å². The van der Waals surface area contributed by atoms with E-state index in [2.05, 4.69) is 0 Å². The van der Waals surface area contributed by atoms with Gasteiger partial charge >= 0.3 is 0 Å². The molecular formula is C25H38N2O4. The first-order chi connectivity index (χ1) is 14.8. The third kappa shape index (κ3) is 4.69. The van der Waals surface area contributed by atoms with Gasteiger partial charge in [-0.15, -0.1) is 0 Å². The van der Waals surface area contributed by atoms with E-state index >= 15 is 0 Å². The van der Waals surface area contributed by atoms with Crippen LogP contribution in [0.25, 0.3) is 0 Å². The maximum Gasteiger partial charge on any atom is 0.242 e. The fourth-order valence-electron chi connectivity index (χ4n) is 6.66. The molecule has 172 valence electrons. The average molecular weight is 431 g/mol. The third-order valence-electron chi connectivity index (χ3n) is 7.74. The van der Waals surface area contributed by atoms with Crippen molar-refractivity contribution in [1.29, 1.82) is 0 Å². The minimum absolute atomic E-state index is 0.000382. The normalized spacial score (nSPS) is 28.9. The number of furan rings is 1. The lowest BCUT2D eigenvalue weighted by Crippen LogP contribution is -2.57. The number of rotatable bonds is 9. The summed E-state index contributed by atoms with van der Waals surface area (Å²) in [7, 11) is 1.64. The van der Waals surface area contributed by atoms with Crippen LogP contribution in [0.5, 0.6) is 0 Å². The Labute approximate surface area is 186 Å². The second kappa shape index (κ2) is 8.97. The quantitative estimate of drug-likeness (QED) is 0.594. The van der Waals surface area contributed by atoms with Gasteiger partial charge in [-0.25, -0.2) is 0 Å². The van der Waals surface area contributed by atoms with Crippen molar-refractivity contribution in [2.45, 2.75) is 71.9 Å². The first kappa shape index (κ1) is 22.4. The Bertz CT molecular complexity index is 764. The van der Waals surface area contributed by atoms with Gasteiger partial charge in [0.1, 0.15) is 18.1 Å². The summed E-state index contributed by atoms with van der Waals surface area (Å²) in [5.74, 6) is 3.88.